The second kappa shape index (κ2) is 6.54. The van der Waals surface area contributed by atoms with Gasteiger partial charge < -0.3 is 20.1 Å². The molecule has 0 fully saturated rings. The van der Waals surface area contributed by atoms with Crippen LogP contribution < -0.4 is 0 Å². The maximum absolute atomic E-state index is 8.79. The Morgan fingerprint density at radius 3 is 2.09 bits per heavy atom. The Morgan fingerprint density at radius 2 is 1.82 bits per heavy atom. The van der Waals surface area contributed by atoms with Crippen LogP contribution in [0, 0.1) is 5.92 Å². The molecule has 0 aliphatic rings. The van der Waals surface area contributed by atoms with Crippen LogP contribution in [-0.2, 0) is 4.74 Å². The SMILES string of the molecule is COC(CO)C(CO)CCO. The third-order valence-electron chi connectivity index (χ3n) is 1.74. The zero-order chi connectivity index (χ0) is 8.69. The highest BCUT2D eigenvalue weighted by Crippen LogP contribution is 2.09. The third-order valence-corrected chi connectivity index (χ3v) is 1.74. The van der Waals surface area contributed by atoms with Gasteiger partial charge in [-0.25, -0.2) is 0 Å². The highest BCUT2D eigenvalue weighted by molar-refractivity contribution is 4.67. The summed E-state index contributed by atoms with van der Waals surface area (Å²) in [6, 6.07) is 0. The normalized spacial score (nSPS) is 16.4. The fraction of sp³-hybridized carbons (Fsp3) is 1.00. The summed E-state index contributed by atoms with van der Waals surface area (Å²) >= 11 is 0. The zero-order valence-corrected chi connectivity index (χ0v) is 6.73. The lowest BCUT2D eigenvalue weighted by molar-refractivity contribution is -0.0181. The van der Waals surface area contributed by atoms with Gasteiger partial charge >= 0.3 is 0 Å². The lowest BCUT2D eigenvalue weighted by Gasteiger charge is -2.21. The first-order valence-electron chi connectivity index (χ1n) is 3.65. The Bertz CT molecular complexity index is 82.5. The van der Waals surface area contributed by atoms with E-state index in [1.807, 2.05) is 0 Å². The molecular formula is C7H16O4. The predicted octanol–water partition coefficient (Wildman–Crippen LogP) is -1.02. The molecule has 2 unspecified atom stereocenters. The van der Waals surface area contributed by atoms with Gasteiger partial charge in [-0.15, -0.1) is 0 Å². The molecule has 0 aliphatic heterocycles. The van der Waals surface area contributed by atoms with E-state index < -0.39 is 0 Å². The van der Waals surface area contributed by atoms with E-state index in [0.29, 0.717) is 6.42 Å². The number of rotatable bonds is 6. The number of hydrogen-bond donors (Lipinski definition) is 3. The minimum Gasteiger partial charge on any atom is -0.396 e. The van der Waals surface area contributed by atoms with Gasteiger partial charge in [-0.1, -0.05) is 0 Å². The zero-order valence-electron chi connectivity index (χ0n) is 6.73. The van der Waals surface area contributed by atoms with Gasteiger partial charge in [0.05, 0.1) is 12.7 Å². The van der Waals surface area contributed by atoms with Crippen LogP contribution in [0.3, 0.4) is 0 Å². The summed E-state index contributed by atoms with van der Waals surface area (Å²) in [6.07, 6.45) is 0.0856. The molecule has 2 atom stereocenters. The van der Waals surface area contributed by atoms with E-state index in [2.05, 4.69) is 0 Å². The van der Waals surface area contributed by atoms with Crippen LogP contribution in [-0.4, -0.2) is 48.4 Å². The Hall–Kier alpha value is -0.160. The van der Waals surface area contributed by atoms with Crippen LogP contribution in [0.2, 0.25) is 0 Å². The Labute approximate surface area is 66.4 Å². The molecule has 0 spiro atoms. The molecule has 4 heteroatoms. The van der Waals surface area contributed by atoms with Crippen molar-refractivity contribution < 1.29 is 20.1 Å². The van der Waals surface area contributed by atoms with Crippen LogP contribution in [0.5, 0.6) is 0 Å². The van der Waals surface area contributed by atoms with E-state index >= 15 is 0 Å². The average Bonchev–Trinajstić information content (AvgIpc) is 2.05. The summed E-state index contributed by atoms with van der Waals surface area (Å²) in [4.78, 5) is 0. The highest BCUT2D eigenvalue weighted by atomic mass is 16.5. The molecule has 11 heavy (non-hydrogen) atoms. The van der Waals surface area contributed by atoms with E-state index in [9.17, 15) is 0 Å². The van der Waals surface area contributed by atoms with Gasteiger partial charge in [-0.2, -0.15) is 0 Å². The molecular weight excluding hydrogens is 148 g/mol. The molecule has 68 valence electrons. The summed E-state index contributed by atoms with van der Waals surface area (Å²) in [7, 11) is 1.47. The van der Waals surface area contributed by atoms with E-state index in [1.54, 1.807) is 0 Å². The van der Waals surface area contributed by atoms with Crippen molar-refractivity contribution in [2.45, 2.75) is 12.5 Å². The van der Waals surface area contributed by atoms with E-state index in [0.717, 1.165) is 0 Å². The largest absolute Gasteiger partial charge is 0.396 e. The summed E-state index contributed by atoms with van der Waals surface area (Å²) < 4.78 is 4.88. The molecule has 0 heterocycles. The number of methoxy groups -OCH3 is 1. The fourth-order valence-corrected chi connectivity index (χ4v) is 0.977. The number of ether oxygens (including phenoxy) is 1. The molecule has 4 nitrogen and oxygen atoms in total. The molecule has 0 saturated heterocycles. The van der Waals surface area contributed by atoms with Gasteiger partial charge in [0.2, 0.25) is 0 Å². The Morgan fingerprint density at radius 1 is 1.18 bits per heavy atom. The molecule has 0 aliphatic carbocycles. The first kappa shape index (κ1) is 10.8. The number of aliphatic hydroxyl groups is 3. The van der Waals surface area contributed by atoms with E-state index in [1.165, 1.54) is 7.11 Å². The van der Waals surface area contributed by atoms with E-state index in [-0.39, 0.29) is 31.8 Å². The van der Waals surface area contributed by atoms with Crippen LogP contribution in [0.25, 0.3) is 0 Å². The smallest absolute Gasteiger partial charge is 0.0852 e. The molecule has 0 aromatic heterocycles. The second-order valence-corrected chi connectivity index (χ2v) is 2.41. The topological polar surface area (TPSA) is 69.9 Å². The van der Waals surface area contributed by atoms with Gasteiger partial charge in [-0.3, -0.25) is 0 Å². The predicted molar refractivity (Wildman–Crippen MR) is 40.2 cm³/mol. The van der Waals surface area contributed by atoms with Crippen LogP contribution >= 0.6 is 0 Å². The lowest BCUT2D eigenvalue weighted by atomic mass is 10.0. The van der Waals surface area contributed by atoms with Crippen molar-refractivity contribution in [2.24, 2.45) is 5.92 Å². The highest BCUT2D eigenvalue weighted by Gasteiger charge is 2.18. The summed E-state index contributed by atoms with van der Waals surface area (Å²) in [5.74, 6) is -0.171. The van der Waals surface area contributed by atoms with Crippen molar-refractivity contribution in [1.82, 2.24) is 0 Å². The second-order valence-electron chi connectivity index (χ2n) is 2.41. The molecule has 0 radical (unpaired) electrons. The van der Waals surface area contributed by atoms with Gasteiger partial charge in [0.25, 0.3) is 0 Å². The van der Waals surface area contributed by atoms with Crippen LogP contribution in [0.4, 0.5) is 0 Å². The lowest BCUT2D eigenvalue weighted by Crippen LogP contribution is -2.30. The summed E-state index contributed by atoms with van der Waals surface area (Å²) in [5, 5.41) is 26.1. The van der Waals surface area contributed by atoms with Crippen molar-refractivity contribution in [3.63, 3.8) is 0 Å². The first-order chi connectivity index (χ1) is 5.29. The van der Waals surface area contributed by atoms with Gasteiger partial charge in [0.15, 0.2) is 0 Å². The Kier molecular flexibility index (Phi) is 6.45. The average molecular weight is 164 g/mol. The minimum atomic E-state index is -0.368. The van der Waals surface area contributed by atoms with Gasteiger partial charge in [0, 0.05) is 26.2 Å². The van der Waals surface area contributed by atoms with Crippen molar-refractivity contribution in [3.8, 4) is 0 Å². The van der Waals surface area contributed by atoms with Crippen LogP contribution in [0.15, 0.2) is 0 Å². The minimum absolute atomic E-state index is 0.00505. The van der Waals surface area contributed by atoms with Crippen molar-refractivity contribution in [3.05, 3.63) is 0 Å². The van der Waals surface area contributed by atoms with Gasteiger partial charge in [0.1, 0.15) is 0 Å². The number of aliphatic hydroxyl groups excluding tert-OH is 3. The maximum Gasteiger partial charge on any atom is 0.0852 e. The molecule has 0 rings (SSSR count). The summed E-state index contributed by atoms with van der Waals surface area (Å²) in [5.41, 5.74) is 0. The molecule has 3 N–H and O–H groups in total. The fourth-order valence-electron chi connectivity index (χ4n) is 0.977. The molecule has 0 bridgehead atoms. The van der Waals surface area contributed by atoms with Crippen molar-refractivity contribution in [1.29, 1.82) is 0 Å². The standard InChI is InChI=1S/C7H16O4/c1-11-7(5-10)6(4-9)2-3-8/h6-10H,2-5H2,1H3. The first-order valence-corrected chi connectivity index (χ1v) is 3.65. The number of hydrogen-bond acceptors (Lipinski definition) is 4. The van der Waals surface area contributed by atoms with Crippen LogP contribution in [0.1, 0.15) is 6.42 Å². The van der Waals surface area contributed by atoms with Crippen molar-refractivity contribution >= 4 is 0 Å². The molecule has 0 aromatic rings. The monoisotopic (exact) mass is 164 g/mol. The molecule has 0 amide bonds. The molecule has 0 aromatic carbocycles. The molecule has 0 saturated carbocycles. The summed E-state index contributed by atoms with van der Waals surface area (Å²) in [6.45, 7) is -0.188. The third kappa shape index (κ3) is 3.67. The van der Waals surface area contributed by atoms with E-state index in [4.69, 9.17) is 20.1 Å². The van der Waals surface area contributed by atoms with Gasteiger partial charge in [-0.05, 0) is 6.42 Å². The Balaban J connectivity index is 3.76. The quantitative estimate of drug-likeness (QED) is 0.470. The maximum atomic E-state index is 8.79. The van der Waals surface area contributed by atoms with Crippen molar-refractivity contribution in [2.75, 3.05) is 26.9 Å².